The van der Waals surface area contributed by atoms with Crippen LogP contribution in [0.4, 0.5) is 10.8 Å². The van der Waals surface area contributed by atoms with Gasteiger partial charge in [-0.15, -0.1) is 22.7 Å². The average Bonchev–Trinajstić information content (AvgIpc) is 3.64. The zero-order valence-electron chi connectivity index (χ0n) is 18.4. The molecule has 0 aliphatic carbocycles. The zero-order valence-corrected chi connectivity index (χ0v) is 20.0. The molecule has 10 heteroatoms. The van der Waals surface area contributed by atoms with Gasteiger partial charge in [-0.3, -0.25) is 10.1 Å². The maximum Gasteiger partial charge on any atom is 0.269 e. The Kier molecular flexibility index (Phi) is 5.99. The van der Waals surface area contributed by atoms with Crippen molar-refractivity contribution < 1.29 is 14.4 Å². The smallest absolute Gasteiger partial charge is 0.269 e. The number of nitro benzene ring substituents is 1. The SMILES string of the molecule is COc1ccc(OC)c(-c2csc(N3N=C(c4cccs4)C[C@H]3c3ccc([N+](=O)[O-])cc3)n2)c1. The van der Waals surface area contributed by atoms with Crippen LogP contribution in [0.3, 0.4) is 0 Å². The number of hydrogen-bond donors (Lipinski definition) is 0. The summed E-state index contributed by atoms with van der Waals surface area (Å²) in [6.45, 7) is 0. The fourth-order valence-corrected chi connectivity index (χ4v) is 5.41. The number of hydrazone groups is 1. The second-order valence-corrected chi connectivity index (χ2v) is 9.30. The molecule has 0 amide bonds. The highest BCUT2D eigenvalue weighted by Crippen LogP contribution is 2.42. The Balaban J connectivity index is 1.53. The van der Waals surface area contributed by atoms with Gasteiger partial charge in [-0.1, -0.05) is 18.2 Å². The highest BCUT2D eigenvalue weighted by Gasteiger charge is 2.32. The summed E-state index contributed by atoms with van der Waals surface area (Å²) in [5.74, 6) is 1.42. The lowest BCUT2D eigenvalue weighted by Crippen LogP contribution is -2.18. The molecule has 2 aromatic carbocycles. The first-order valence-corrected chi connectivity index (χ1v) is 12.2. The number of thiophene rings is 1. The molecule has 0 radical (unpaired) electrons. The number of nitro groups is 1. The lowest BCUT2D eigenvalue weighted by atomic mass is 10.0. The fourth-order valence-electron chi connectivity index (χ4n) is 3.86. The van der Waals surface area contributed by atoms with E-state index in [1.54, 1.807) is 37.7 Å². The summed E-state index contributed by atoms with van der Waals surface area (Å²) in [6, 6.07) is 16.2. The number of anilines is 1. The molecule has 1 atom stereocenters. The quantitative estimate of drug-likeness (QED) is 0.227. The Morgan fingerprint density at radius 2 is 1.91 bits per heavy atom. The number of ether oxygens (including phenoxy) is 2. The first kappa shape index (κ1) is 22.1. The first-order valence-electron chi connectivity index (χ1n) is 10.4. The molecule has 8 nitrogen and oxygen atoms in total. The minimum atomic E-state index is -0.390. The molecular weight excluding hydrogens is 472 g/mol. The lowest BCUT2D eigenvalue weighted by molar-refractivity contribution is -0.384. The minimum absolute atomic E-state index is 0.0642. The third-order valence-corrected chi connectivity index (χ3v) is 7.32. The van der Waals surface area contributed by atoms with Crippen molar-refractivity contribution in [1.82, 2.24) is 4.98 Å². The van der Waals surface area contributed by atoms with Crippen molar-refractivity contribution in [1.29, 1.82) is 0 Å². The number of thiazole rings is 1. The molecule has 5 rings (SSSR count). The van der Waals surface area contributed by atoms with E-state index in [1.165, 1.54) is 23.5 Å². The number of methoxy groups -OCH3 is 2. The number of nitrogens with zero attached hydrogens (tertiary/aromatic N) is 4. The van der Waals surface area contributed by atoms with Gasteiger partial charge in [0.2, 0.25) is 5.13 Å². The average molecular weight is 493 g/mol. The summed E-state index contributed by atoms with van der Waals surface area (Å²) in [6.07, 6.45) is 0.676. The molecule has 1 aliphatic heterocycles. The van der Waals surface area contributed by atoms with Crippen molar-refractivity contribution in [3.05, 3.63) is 85.9 Å². The number of non-ortho nitro benzene ring substituents is 1. The monoisotopic (exact) mass is 492 g/mol. The zero-order chi connectivity index (χ0) is 23.7. The Morgan fingerprint density at radius 1 is 1.09 bits per heavy atom. The molecule has 172 valence electrons. The number of benzene rings is 2. The molecule has 0 saturated heterocycles. The van der Waals surface area contributed by atoms with Crippen LogP contribution in [0.5, 0.6) is 11.5 Å². The summed E-state index contributed by atoms with van der Waals surface area (Å²) in [5, 5.41) is 22.7. The second kappa shape index (κ2) is 9.24. The standard InChI is InChI=1S/C24H20N4O4S2/c1-31-17-9-10-22(32-2)18(12-17)20-14-34-24(25-20)27-21(13-19(26-27)23-4-3-11-33-23)15-5-7-16(8-6-15)28(29)30/h3-12,14,21H,13H2,1-2H3/t21-/m0/s1. The lowest BCUT2D eigenvalue weighted by Gasteiger charge is -2.21. The van der Waals surface area contributed by atoms with Gasteiger partial charge in [-0.25, -0.2) is 9.99 Å². The summed E-state index contributed by atoms with van der Waals surface area (Å²) in [4.78, 5) is 16.7. The van der Waals surface area contributed by atoms with Crippen LogP contribution in [-0.4, -0.2) is 29.8 Å². The highest BCUT2D eigenvalue weighted by molar-refractivity contribution is 7.14. The predicted octanol–water partition coefficient (Wildman–Crippen LogP) is 6.15. The van der Waals surface area contributed by atoms with Crippen molar-refractivity contribution in [3.63, 3.8) is 0 Å². The van der Waals surface area contributed by atoms with Crippen molar-refractivity contribution >= 4 is 39.2 Å². The van der Waals surface area contributed by atoms with Crippen LogP contribution in [-0.2, 0) is 0 Å². The molecular formula is C24H20N4O4S2. The van der Waals surface area contributed by atoms with Crippen LogP contribution in [0.25, 0.3) is 11.3 Å². The van der Waals surface area contributed by atoms with Crippen LogP contribution < -0.4 is 14.5 Å². The van der Waals surface area contributed by atoms with E-state index >= 15 is 0 Å². The fraction of sp³-hybridized carbons (Fsp3) is 0.167. The Labute approximate surface area is 203 Å². The Bertz CT molecular complexity index is 1350. The van der Waals surface area contributed by atoms with E-state index in [2.05, 4.69) is 0 Å². The van der Waals surface area contributed by atoms with Crippen molar-refractivity contribution in [3.8, 4) is 22.8 Å². The van der Waals surface area contributed by atoms with Gasteiger partial charge in [0.05, 0.1) is 41.5 Å². The molecule has 0 spiro atoms. The van der Waals surface area contributed by atoms with Gasteiger partial charge in [-0.2, -0.15) is 5.10 Å². The number of aromatic nitrogens is 1. The Morgan fingerprint density at radius 3 is 2.59 bits per heavy atom. The highest BCUT2D eigenvalue weighted by atomic mass is 32.1. The maximum absolute atomic E-state index is 11.1. The van der Waals surface area contributed by atoms with Crippen molar-refractivity contribution in [2.24, 2.45) is 5.10 Å². The van der Waals surface area contributed by atoms with E-state index in [-0.39, 0.29) is 11.7 Å². The molecule has 0 saturated carbocycles. The third-order valence-electron chi connectivity index (χ3n) is 5.58. The largest absolute Gasteiger partial charge is 0.497 e. The second-order valence-electron chi connectivity index (χ2n) is 7.52. The van der Waals surface area contributed by atoms with E-state index in [9.17, 15) is 10.1 Å². The van der Waals surface area contributed by atoms with Gasteiger partial charge in [0.1, 0.15) is 11.5 Å². The van der Waals surface area contributed by atoms with Crippen LogP contribution in [0.1, 0.15) is 22.9 Å². The van der Waals surface area contributed by atoms with Gasteiger partial charge >= 0.3 is 0 Å². The van der Waals surface area contributed by atoms with Gasteiger partial charge in [0, 0.05) is 29.5 Å². The molecule has 0 bridgehead atoms. The summed E-state index contributed by atoms with van der Waals surface area (Å²) in [5.41, 5.74) is 3.57. The molecule has 0 unspecified atom stereocenters. The van der Waals surface area contributed by atoms with Crippen LogP contribution in [0.15, 0.2) is 70.5 Å². The van der Waals surface area contributed by atoms with Crippen LogP contribution in [0.2, 0.25) is 0 Å². The van der Waals surface area contributed by atoms with E-state index < -0.39 is 4.92 Å². The van der Waals surface area contributed by atoms with Crippen LogP contribution >= 0.6 is 22.7 Å². The summed E-state index contributed by atoms with van der Waals surface area (Å²) in [7, 11) is 3.25. The normalized spacial score (nSPS) is 15.3. The predicted molar refractivity (Wildman–Crippen MR) is 134 cm³/mol. The van der Waals surface area contributed by atoms with Crippen molar-refractivity contribution in [2.75, 3.05) is 19.2 Å². The van der Waals surface area contributed by atoms with Gasteiger partial charge in [0.25, 0.3) is 5.69 Å². The van der Waals surface area contributed by atoms with Crippen LogP contribution in [0, 0.1) is 10.1 Å². The van der Waals surface area contributed by atoms with E-state index in [1.807, 2.05) is 46.1 Å². The number of hydrogen-bond acceptors (Lipinski definition) is 9. The minimum Gasteiger partial charge on any atom is -0.497 e. The first-order chi connectivity index (χ1) is 16.6. The molecule has 1 aliphatic rings. The summed E-state index contributed by atoms with van der Waals surface area (Å²) >= 11 is 3.12. The van der Waals surface area contributed by atoms with Gasteiger partial charge in [0.15, 0.2) is 0 Å². The van der Waals surface area contributed by atoms with Gasteiger partial charge < -0.3 is 9.47 Å². The molecule has 0 fully saturated rings. The number of rotatable bonds is 7. The maximum atomic E-state index is 11.1. The molecule has 4 aromatic rings. The van der Waals surface area contributed by atoms with E-state index in [0.717, 1.165) is 32.5 Å². The molecule has 2 aromatic heterocycles. The molecule has 0 N–H and O–H groups in total. The third kappa shape index (κ3) is 4.13. The Hall–Kier alpha value is -3.76. The van der Waals surface area contributed by atoms with Gasteiger partial charge in [-0.05, 0) is 35.2 Å². The van der Waals surface area contributed by atoms with E-state index in [4.69, 9.17) is 19.6 Å². The van der Waals surface area contributed by atoms with E-state index in [0.29, 0.717) is 17.9 Å². The molecule has 34 heavy (non-hydrogen) atoms. The molecule has 3 heterocycles. The van der Waals surface area contributed by atoms with Crippen molar-refractivity contribution in [2.45, 2.75) is 12.5 Å². The topological polar surface area (TPSA) is 90.1 Å². The summed E-state index contributed by atoms with van der Waals surface area (Å²) < 4.78 is 10.9.